The number of rotatable bonds is 8. The van der Waals surface area contributed by atoms with Gasteiger partial charge in [-0.25, -0.2) is 4.98 Å². The molecule has 4 rings (SSSR count). The quantitative estimate of drug-likeness (QED) is 0.262. The van der Waals surface area contributed by atoms with E-state index in [0.29, 0.717) is 33.7 Å². The maximum atomic E-state index is 13.7. The van der Waals surface area contributed by atoms with E-state index in [-0.39, 0.29) is 0 Å². The number of aromatic nitrogens is 1. The van der Waals surface area contributed by atoms with Crippen molar-refractivity contribution in [3.8, 4) is 23.0 Å². The summed E-state index contributed by atoms with van der Waals surface area (Å²) >= 11 is 1.33. The molecule has 0 aliphatic rings. The third-order valence-electron chi connectivity index (χ3n) is 4.99. The Hall–Kier alpha value is -4.11. The number of ether oxygens (including phenoxy) is 4. The van der Waals surface area contributed by atoms with Crippen LogP contribution in [0.4, 0.5) is 5.13 Å². The molecule has 174 valence electrons. The van der Waals surface area contributed by atoms with Crippen molar-refractivity contribution in [2.45, 2.75) is 0 Å². The average molecular weight is 478 g/mol. The summed E-state index contributed by atoms with van der Waals surface area (Å²) in [6, 6.07) is 18.2. The van der Waals surface area contributed by atoms with Crippen LogP contribution in [0.25, 0.3) is 10.2 Å². The number of hydrogen-bond acceptors (Lipinski definition) is 8. The Bertz CT molecular complexity index is 1310. The maximum absolute atomic E-state index is 13.7. The number of methoxy groups -OCH3 is 4. The van der Waals surface area contributed by atoms with Crippen molar-refractivity contribution < 1.29 is 23.7 Å². The molecule has 1 aromatic heterocycles. The molecule has 0 aliphatic carbocycles. The Morgan fingerprint density at radius 2 is 1.62 bits per heavy atom. The largest absolute Gasteiger partial charge is 0.497 e. The van der Waals surface area contributed by atoms with E-state index in [1.807, 2.05) is 48.5 Å². The number of thiazole rings is 1. The van der Waals surface area contributed by atoms with Crippen LogP contribution in [-0.2, 0) is 0 Å². The first-order chi connectivity index (χ1) is 16.6. The van der Waals surface area contributed by atoms with E-state index in [2.05, 4.69) is 10.1 Å². The summed E-state index contributed by atoms with van der Waals surface area (Å²) in [5.74, 6) is 1.43. The lowest BCUT2D eigenvalue weighted by atomic mass is 10.1. The first-order valence-corrected chi connectivity index (χ1v) is 11.1. The van der Waals surface area contributed by atoms with Crippen molar-refractivity contribution in [1.29, 1.82) is 0 Å². The zero-order chi connectivity index (χ0) is 24.1. The van der Waals surface area contributed by atoms with Gasteiger partial charge in [0.15, 0.2) is 11.5 Å². The molecule has 1 heterocycles. The van der Waals surface area contributed by atoms with Gasteiger partial charge in [-0.3, -0.25) is 4.79 Å². The maximum Gasteiger partial charge on any atom is 0.281 e. The van der Waals surface area contributed by atoms with Gasteiger partial charge in [0.05, 0.1) is 44.9 Å². The number of carbonyl (C=O) groups is 1. The lowest BCUT2D eigenvalue weighted by molar-refractivity contribution is 0.0987. The first-order valence-electron chi connectivity index (χ1n) is 10.3. The fourth-order valence-corrected chi connectivity index (χ4v) is 4.24. The zero-order valence-corrected chi connectivity index (χ0v) is 20.0. The lowest BCUT2D eigenvalue weighted by Gasteiger charge is -2.17. The van der Waals surface area contributed by atoms with Crippen LogP contribution in [-0.4, -0.2) is 45.5 Å². The van der Waals surface area contributed by atoms with Gasteiger partial charge in [0, 0.05) is 5.56 Å². The van der Waals surface area contributed by atoms with Crippen molar-refractivity contribution in [2.75, 3.05) is 33.4 Å². The van der Waals surface area contributed by atoms with Gasteiger partial charge in [-0.05, 0) is 35.9 Å². The summed E-state index contributed by atoms with van der Waals surface area (Å²) in [6.45, 7) is 0. The van der Waals surface area contributed by atoms with E-state index in [1.165, 1.54) is 37.7 Å². The molecule has 0 radical (unpaired) electrons. The van der Waals surface area contributed by atoms with Crippen LogP contribution in [0.15, 0.2) is 65.8 Å². The number of nitrogens with zero attached hydrogens (tertiary/aromatic N) is 3. The molecule has 0 spiro atoms. The third kappa shape index (κ3) is 4.65. The van der Waals surface area contributed by atoms with Gasteiger partial charge in [-0.2, -0.15) is 10.1 Å². The smallest absolute Gasteiger partial charge is 0.281 e. The van der Waals surface area contributed by atoms with Crippen LogP contribution in [0.1, 0.15) is 15.9 Å². The molecule has 0 atom stereocenters. The number of anilines is 1. The highest BCUT2D eigenvalue weighted by Gasteiger charge is 2.24. The molecule has 0 unspecified atom stereocenters. The predicted octanol–water partition coefficient (Wildman–Crippen LogP) is 5.01. The molecule has 0 aliphatic heterocycles. The number of hydrogen-bond donors (Lipinski definition) is 0. The van der Waals surface area contributed by atoms with Crippen LogP contribution in [0.5, 0.6) is 23.0 Å². The fraction of sp³-hybridized carbons (Fsp3) is 0.160. The van der Waals surface area contributed by atoms with E-state index in [9.17, 15) is 4.79 Å². The number of benzene rings is 3. The van der Waals surface area contributed by atoms with Gasteiger partial charge in [-0.1, -0.05) is 41.7 Å². The molecule has 34 heavy (non-hydrogen) atoms. The second-order valence-corrected chi connectivity index (χ2v) is 8.03. The van der Waals surface area contributed by atoms with Gasteiger partial charge in [0.1, 0.15) is 5.75 Å². The number of fused-ring (bicyclic) bond motifs is 1. The Balaban J connectivity index is 1.81. The van der Waals surface area contributed by atoms with Crippen molar-refractivity contribution in [3.63, 3.8) is 0 Å². The Morgan fingerprint density at radius 1 is 0.912 bits per heavy atom. The lowest BCUT2D eigenvalue weighted by Crippen LogP contribution is -2.25. The summed E-state index contributed by atoms with van der Waals surface area (Å²) < 4.78 is 22.4. The summed E-state index contributed by atoms with van der Waals surface area (Å²) in [5.41, 5.74) is 1.88. The van der Waals surface area contributed by atoms with E-state index in [4.69, 9.17) is 18.9 Å². The summed E-state index contributed by atoms with van der Waals surface area (Å²) in [4.78, 5) is 18.3. The summed E-state index contributed by atoms with van der Waals surface area (Å²) in [6.07, 6.45) is 1.61. The molecule has 8 nitrogen and oxygen atoms in total. The van der Waals surface area contributed by atoms with Crippen molar-refractivity contribution in [2.24, 2.45) is 5.10 Å². The standard InChI is InChI=1S/C25H23N3O5S/c1-30-18-10-11-19-22(14-18)34-25(27-19)28(26-15-16-8-6-5-7-9-16)24(29)17-12-20(31-2)23(33-4)21(13-17)32-3/h5-15H,1-4H3/b26-15+. The van der Waals surface area contributed by atoms with Crippen LogP contribution < -0.4 is 24.0 Å². The van der Waals surface area contributed by atoms with Gasteiger partial charge >= 0.3 is 0 Å². The molecule has 3 aromatic carbocycles. The molecule has 4 aromatic rings. The molecule has 0 N–H and O–H groups in total. The SMILES string of the molecule is COc1ccc2nc(N(/N=C/c3ccccc3)C(=O)c3cc(OC)c(OC)c(OC)c3)sc2c1. The van der Waals surface area contributed by atoms with Gasteiger partial charge in [0.25, 0.3) is 5.91 Å². The molecule has 0 saturated heterocycles. The highest BCUT2D eigenvalue weighted by Crippen LogP contribution is 2.39. The third-order valence-corrected chi connectivity index (χ3v) is 5.99. The van der Waals surface area contributed by atoms with Crippen LogP contribution >= 0.6 is 11.3 Å². The van der Waals surface area contributed by atoms with Crippen LogP contribution in [0.2, 0.25) is 0 Å². The molecule has 0 bridgehead atoms. The molecule has 1 amide bonds. The highest BCUT2D eigenvalue weighted by molar-refractivity contribution is 7.22. The summed E-state index contributed by atoms with van der Waals surface area (Å²) in [7, 11) is 6.11. The van der Waals surface area contributed by atoms with E-state index >= 15 is 0 Å². The van der Waals surface area contributed by atoms with E-state index in [1.54, 1.807) is 25.5 Å². The second-order valence-electron chi connectivity index (χ2n) is 7.02. The van der Waals surface area contributed by atoms with Crippen molar-refractivity contribution in [1.82, 2.24) is 4.98 Å². The van der Waals surface area contributed by atoms with Crippen LogP contribution in [0.3, 0.4) is 0 Å². The van der Waals surface area contributed by atoms with Gasteiger partial charge < -0.3 is 18.9 Å². The molecular formula is C25H23N3O5S. The number of carbonyl (C=O) groups excluding carboxylic acids is 1. The molecule has 0 saturated carbocycles. The minimum absolute atomic E-state index is 0.302. The van der Waals surface area contributed by atoms with Crippen molar-refractivity contribution >= 4 is 38.8 Å². The Morgan fingerprint density at radius 3 is 2.24 bits per heavy atom. The van der Waals surface area contributed by atoms with Crippen molar-refractivity contribution in [3.05, 3.63) is 71.8 Å². The van der Waals surface area contributed by atoms with E-state index in [0.717, 1.165) is 15.8 Å². The zero-order valence-electron chi connectivity index (χ0n) is 19.1. The molecule has 0 fully saturated rings. The second kappa shape index (κ2) is 10.2. The highest BCUT2D eigenvalue weighted by atomic mass is 32.1. The predicted molar refractivity (Wildman–Crippen MR) is 133 cm³/mol. The van der Waals surface area contributed by atoms with Gasteiger partial charge in [-0.15, -0.1) is 0 Å². The molecular weight excluding hydrogens is 454 g/mol. The topological polar surface area (TPSA) is 82.5 Å². The normalized spacial score (nSPS) is 10.9. The monoisotopic (exact) mass is 477 g/mol. The molecule has 9 heteroatoms. The Kier molecular flexibility index (Phi) is 6.93. The number of hydrazone groups is 1. The minimum atomic E-state index is -0.405. The Labute approximate surface area is 201 Å². The average Bonchev–Trinajstić information content (AvgIpc) is 3.31. The number of amides is 1. The fourth-order valence-electron chi connectivity index (χ4n) is 3.29. The minimum Gasteiger partial charge on any atom is -0.497 e. The van der Waals surface area contributed by atoms with Crippen LogP contribution in [0, 0.1) is 0 Å². The first kappa shape index (κ1) is 23.1. The summed E-state index contributed by atoms with van der Waals surface area (Å²) in [5, 5.41) is 6.17. The van der Waals surface area contributed by atoms with E-state index < -0.39 is 5.91 Å². The van der Waals surface area contributed by atoms with Gasteiger partial charge in [0.2, 0.25) is 10.9 Å².